The number of nitrogen functional groups attached to an aromatic ring is 4. The van der Waals surface area contributed by atoms with E-state index in [4.69, 9.17) is 107 Å². The molecule has 612 valence electrons. The molecule has 0 spiro atoms. The molecule has 0 amide bonds. The van der Waals surface area contributed by atoms with Crippen LogP contribution in [0.2, 0.25) is 15.5 Å². The van der Waals surface area contributed by atoms with Crippen LogP contribution >= 0.6 is 97.7 Å². The minimum absolute atomic E-state index is 0. The Labute approximate surface area is 698 Å². The van der Waals surface area contributed by atoms with Gasteiger partial charge in [0.15, 0.2) is 6.79 Å². The second-order valence-corrected chi connectivity index (χ2v) is 31.1. The Morgan fingerprint density at radius 1 is 0.670 bits per heavy atom. The van der Waals surface area contributed by atoms with Crippen molar-refractivity contribution >= 4 is 166 Å². The molecule has 0 aliphatic heterocycles. The third-order valence-electron chi connectivity index (χ3n) is 11.4. The van der Waals surface area contributed by atoms with Crippen molar-refractivity contribution in [2.24, 2.45) is 17.5 Å². The Balaban J connectivity index is -0.000000144. The number of aromatic nitrogens is 10. The number of benzene rings is 2. The van der Waals surface area contributed by atoms with Gasteiger partial charge in [-0.1, -0.05) is 70.2 Å². The van der Waals surface area contributed by atoms with Gasteiger partial charge in [-0.05, 0) is 174 Å². The first-order valence-electron chi connectivity index (χ1n) is 29.4. The summed E-state index contributed by atoms with van der Waals surface area (Å²) < 4.78 is 82.6. The molecular formula is C62H98Cl8N17NaO18PS2+. The zero-order valence-electron chi connectivity index (χ0n) is 64.7. The summed E-state index contributed by atoms with van der Waals surface area (Å²) >= 11 is 35.9. The number of methoxy groups -OCH3 is 2. The third-order valence-corrected chi connectivity index (χ3v) is 15.3. The largest absolute Gasteiger partial charge is 1.00 e. The van der Waals surface area contributed by atoms with Gasteiger partial charge >= 0.3 is 62.8 Å². The molecule has 0 saturated carbocycles. The number of esters is 2. The standard InChI is InChI=1S/C9H13NO3S.C9H12O3S.C6H6Cl2N2.C6H8ClN3.C6H10N4.C6H9N3.C6H8N2O2.C6H9O4.C3H5ClO2.C2H6N2.2CH4O.CH3O.Cl3OP.ClH.Na/c1-6-4-7(2)9(8(3)5-6)14(11,12)13-10;1-6-4-7(2)9(8(3)5-6)13(10,11)12;2*1-3-5(7)9-4(2)10-6(3)8;1-4-3-9-5(2)10(8)6(4)7;1-4-3-8-5(2)9-6(4)7;1-3-5(9)7-4(2)8-6(3)10;1-4(5(7)9-2)6(8)10-3;1-6-3(5)2-4;1-2(3)4;3*1-2;1-5(2,3)4;;/h4-5H,10H2,1-3H3;4-5H,1-3H3,(H,10,11,12);1-2H3;1-2H3,(H2,8,9,10);3,7H,8H2,1-2H3;3H,1-2H3,(H2,7,8,9);1-2H3,(H2,7,8,9,10);4H,2H2,1,3H3;2H2,1H3;1H3,(H3,3,4);2*2H,1H3;1H3;;1H;/q;;;;;;;+1;;;;;-1;;;+1. The minimum atomic E-state index is -4.33. The maximum absolute atomic E-state index is 11.4. The number of aliphatic hydroxyl groups is 2. The van der Waals surface area contributed by atoms with Gasteiger partial charge in [0.25, 0.3) is 11.4 Å². The van der Waals surface area contributed by atoms with Gasteiger partial charge in [0, 0.05) is 48.8 Å². The number of alkyl halides is 1. The number of ether oxygens (including phenoxy) is 2. The fourth-order valence-corrected chi connectivity index (χ4v) is 9.37. The zero-order chi connectivity index (χ0) is 86.1. The van der Waals surface area contributed by atoms with Gasteiger partial charge < -0.3 is 62.4 Å². The second kappa shape index (κ2) is 63.2. The van der Waals surface area contributed by atoms with E-state index in [-0.39, 0.29) is 80.5 Å². The summed E-state index contributed by atoms with van der Waals surface area (Å²) in [7, 11) is -2.88. The van der Waals surface area contributed by atoms with Crippen molar-refractivity contribution < 1.29 is 113 Å². The molecule has 109 heavy (non-hydrogen) atoms. The van der Waals surface area contributed by atoms with E-state index in [1.54, 1.807) is 106 Å². The summed E-state index contributed by atoms with van der Waals surface area (Å²) in [6.45, 7) is 33.8. The number of anilines is 3. The van der Waals surface area contributed by atoms with Crippen molar-refractivity contribution in [3.05, 3.63) is 153 Å². The molecule has 0 aliphatic rings. The van der Waals surface area contributed by atoms with Gasteiger partial charge in [-0.3, -0.25) is 34.6 Å². The number of carbonyl (C=O) groups is 3. The number of halogens is 8. The molecular weight excluding hydrogens is 1670 g/mol. The maximum Gasteiger partial charge on any atom is 1.00 e. The van der Waals surface area contributed by atoms with Crippen LogP contribution in [0.4, 0.5) is 17.5 Å². The molecule has 2 aromatic carbocycles. The quantitative estimate of drug-likeness (QED) is 0.00838. The molecule has 1 atom stereocenters. The predicted molar refractivity (Wildman–Crippen MR) is 423 cm³/mol. The molecule has 0 saturated heterocycles. The summed E-state index contributed by atoms with van der Waals surface area (Å²) in [5.41, 5.74) is 28.8. The van der Waals surface area contributed by atoms with Crippen molar-refractivity contribution in [3.63, 3.8) is 0 Å². The van der Waals surface area contributed by atoms with E-state index in [0.29, 0.717) is 78.5 Å². The molecule has 17 N–H and O–H groups in total. The smallest absolute Gasteiger partial charge is 0.857 e. The Hall–Kier alpha value is -6.40. The Kier molecular flexibility index (Phi) is 70.0. The Morgan fingerprint density at radius 2 is 1.03 bits per heavy atom. The molecule has 7 aromatic rings. The normalized spacial score (nSPS) is 9.75. The average molecular weight is 1770 g/mol. The number of nitrogens with one attached hydrogen (secondary N) is 2. The number of nitrogens with two attached hydrogens (primary N) is 6. The molecule has 7 rings (SSSR count). The number of rotatable bonds is 6. The fourth-order valence-electron chi connectivity index (χ4n) is 6.66. The summed E-state index contributed by atoms with van der Waals surface area (Å²) in [5, 5.41) is 35.5. The molecule has 47 heteroatoms. The van der Waals surface area contributed by atoms with Crippen LogP contribution in [0.5, 0.6) is 5.88 Å². The number of H-pyrrole nitrogens is 1. The van der Waals surface area contributed by atoms with Crippen LogP contribution < -0.4 is 79.6 Å². The van der Waals surface area contributed by atoms with Crippen LogP contribution in [0.15, 0.2) is 51.2 Å². The topological polar surface area (TPSA) is 602 Å². The molecule has 5 aromatic heterocycles. The summed E-state index contributed by atoms with van der Waals surface area (Å²) in [5.74, 6) is 12.2. The van der Waals surface area contributed by atoms with Crippen LogP contribution in [0, 0.1) is 122 Å². The van der Waals surface area contributed by atoms with E-state index in [0.717, 1.165) is 60.5 Å². The molecule has 0 bridgehead atoms. The van der Waals surface area contributed by atoms with E-state index < -0.39 is 49.3 Å². The number of hydrogen-bond donors (Lipinski definition) is 11. The van der Waals surface area contributed by atoms with E-state index in [1.165, 1.54) is 39.7 Å². The maximum atomic E-state index is 11.4. The molecule has 0 radical (unpaired) electrons. The van der Waals surface area contributed by atoms with Crippen LogP contribution in [0.3, 0.4) is 0 Å². The number of nitrogens with zero attached hydrogens (tertiary/aromatic N) is 9. The van der Waals surface area contributed by atoms with Crippen molar-refractivity contribution in [3.8, 4) is 5.88 Å². The van der Waals surface area contributed by atoms with Crippen LogP contribution in [0.1, 0.15) is 104 Å². The fraction of sp³-hybridized carbons (Fsp3) is 0.403. The number of aryl methyl sites for hydroxylation is 13. The van der Waals surface area contributed by atoms with Crippen molar-refractivity contribution in [1.82, 2.24) is 44.9 Å². The van der Waals surface area contributed by atoms with Crippen molar-refractivity contribution in [1.29, 1.82) is 5.41 Å². The molecule has 1 unspecified atom stereocenters. The van der Waals surface area contributed by atoms with E-state index >= 15 is 0 Å². The van der Waals surface area contributed by atoms with Gasteiger partial charge in [0.1, 0.15) is 77.5 Å². The molecule has 35 nitrogen and oxygen atoms in total. The van der Waals surface area contributed by atoms with Crippen molar-refractivity contribution in [2.75, 3.05) is 64.5 Å². The third kappa shape index (κ3) is 55.6. The molecule has 0 aliphatic carbocycles. The average Bonchev–Trinajstić information content (AvgIpc) is 0.808. The SMILES string of the molecule is C=[O+]C(=O)C(C)C(=O)OC.CC(=N)N.CO.CO.COC(=O)CCl.C[O-].Cc1cc(C)c(S(=O)(=O)ON)c(C)c1.Cc1cc(C)c(S(=O)(=O)[O-])c(C)c1.Cc1cnc(C)[n+](N)c1N.Cc1nc(Cl)c(C)c(Cl)n1.Cc1nc(N)c(C)c(Cl)n1.Cc1nc(O)c(C)c(=O)[nH]1.Cc1ncc(C)c(N)n1.Cl.O=P(Cl)(Cl)Cl.[Na+]. The van der Waals surface area contributed by atoms with Gasteiger partial charge in [0.2, 0.25) is 17.6 Å². The number of carbonyl (C=O) groups excluding carboxylic acids is 4. The second-order valence-electron chi connectivity index (χ2n) is 20.3. The zero-order valence-corrected chi connectivity index (χ0v) is 75.4. The summed E-state index contributed by atoms with van der Waals surface area (Å²) in [6.07, 6.45) is 3.42. The van der Waals surface area contributed by atoms with Gasteiger partial charge in [-0.2, -0.15) is 25.7 Å². The van der Waals surface area contributed by atoms with E-state index in [2.05, 4.69) is 104 Å². The van der Waals surface area contributed by atoms with E-state index in [1.807, 2.05) is 34.6 Å². The first kappa shape index (κ1) is 121. The van der Waals surface area contributed by atoms with Gasteiger partial charge in [-0.25, -0.2) is 43.3 Å². The number of hydrogen-bond acceptors (Lipinski definition) is 31. The first-order chi connectivity index (χ1) is 49.0. The number of aromatic amines is 1. The minimum Gasteiger partial charge on any atom is -0.857 e. The summed E-state index contributed by atoms with van der Waals surface area (Å²) in [4.78, 5) is 75.4. The molecule has 5 heterocycles. The first-order valence-corrected chi connectivity index (χ1v) is 38.3. The van der Waals surface area contributed by atoms with Crippen LogP contribution in [-0.2, 0) is 57.4 Å². The van der Waals surface area contributed by atoms with Crippen LogP contribution in [-0.4, -0.2) is 154 Å². The number of aromatic hydroxyl groups is 1. The number of amidine groups is 1. The summed E-state index contributed by atoms with van der Waals surface area (Å²) in [6, 6.07) is 6.94. The van der Waals surface area contributed by atoms with E-state index in [9.17, 15) is 45.1 Å². The number of aliphatic hydroxyl groups excluding tert-OH is 2. The monoisotopic (exact) mass is 1770 g/mol. The Morgan fingerprint density at radius 3 is 1.32 bits per heavy atom. The van der Waals surface area contributed by atoms with Gasteiger partial charge in [-0.15, -0.1) is 33.7 Å². The van der Waals surface area contributed by atoms with Gasteiger partial charge in [0.05, 0.1) is 36.1 Å². The van der Waals surface area contributed by atoms with Crippen molar-refractivity contribution in [2.45, 2.75) is 134 Å². The predicted octanol–water partition coefficient (Wildman–Crippen LogP) is 4.94. The molecule has 0 fully saturated rings. The Bertz CT molecular complexity index is 4130. The van der Waals surface area contributed by atoms with Crippen LogP contribution in [0.25, 0.3) is 0 Å².